The Morgan fingerprint density at radius 3 is 2.25 bits per heavy atom. The molecule has 4 heteroatoms. The Morgan fingerprint density at radius 1 is 1.31 bits per heavy atom. The van der Waals surface area contributed by atoms with E-state index < -0.39 is 5.60 Å². The quantitative estimate of drug-likeness (QED) is 0.772. The fraction of sp³-hybridized carbons (Fsp3) is 0.917. The minimum absolute atomic E-state index is 0.00307. The summed E-state index contributed by atoms with van der Waals surface area (Å²) in [5.74, 6) is 0.674. The van der Waals surface area contributed by atoms with Gasteiger partial charge in [-0.05, 0) is 53.5 Å². The normalized spacial score (nSPS) is 20.1. The molecule has 94 valence electrons. The highest BCUT2D eigenvalue weighted by molar-refractivity contribution is 5.67. The molecule has 0 heterocycles. The second-order valence-electron chi connectivity index (χ2n) is 5.80. The standard InChI is InChI=1S/C12H24N2O2/c1-11(2,3)16-10(15)14-8-12(4,13-5)9-6-7-9/h9,13H,6-8H2,1-5H3,(H,14,15). The summed E-state index contributed by atoms with van der Waals surface area (Å²) in [6, 6.07) is 0. The molecule has 4 nitrogen and oxygen atoms in total. The molecule has 16 heavy (non-hydrogen) atoms. The minimum Gasteiger partial charge on any atom is -0.444 e. The third kappa shape index (κ3) is 4.00. The van der Waals surface area contributed by atoms with Crippen LogP contribution in [0.4, 0.5) is 4.79 Å². The number of alkyl carbamates (subject to hydrolysis) is 1. The van der Waals surface area contributed by atoms with E-state index >= 15 is 0 Å². The zero-order valence-electron chi connectivity index (χ0n) is 11.0. The molecule has 1 atom stereocenters. The van der Waals surface area contributed by atoms with Crippen LogP contribution in [0.5, 0.6) is 0 Å². The summed E-state index contributed by atoms with van der Waals surface area (Å²) in [5.41, 5.74) is -0.434. The van der Waals surface area contributed by atoms with E-state index in [-0.39, 0.29) is 11.6 Å². The lowest BCUT2D eigenvalue weighted by molar-refractivity contribution is 0.0509. The van der Waals surface area contributed by atoms with Crippen molar-refractivity contribution in [3.63, 3.8) is 0 Å². The first-order chi connectivity index (χ1) is 7.27. The lowest BCUT2D eigenvalue weighted by Crippen LogP contribution is -2.52. The van der Waals surface area contributed by atoms with Crippen molar-refractivity contribution >= 4 is 6.09 Å². The van der Waals surface area contributed by atoms with Crippen molar-refractivity contribution in [2.45, 2.75) is 51.7 Å². The van der Waals surface area contributed by atoms with Crippen LogP contribution in [0.3, 0.4) is 0 Å². The van der Waals surface area contributed by atoms with Gasteiger partial charge in [-0.1, -0.05) is 0 Å². The van der Waals surface area contributed by atoms with Gasteiger partial charge >= 0.3 is 6.09 Å². The number of ether oxygens (including phenoxy) is 1. The van der Waals surface area contributed by atoms with Crippen LogP contribution in [0.2, 0.25) is 0 Å². The van der Waals surface area contributed by atoms with Gasteiger partial charge < -0.3 is 15.4 Å². The second-order valence-corrected chi connectivity index (χ2v) is 5.80. The monoisotopic (exact) mass is 228 g/mol. The van der Waals surface area contributed by atoms with Crippen LogP contribution in [0.1, 0.15) is 40.5 Å². The Bertz CT molecular complexity index is 256. The van der Waals surface area contributed by atoms with E-state index in [2.05, 4.69) is 17.6 Å². The first-order valence-electron chi connectivity index (χ1n) is 5.92. The molecular formula is C12H24N2O2. The van der Waals surface area contributed by atoms with Gasteiger partial charge in [-0.15, -0.1) is 0 Å². The van der Waals surface area contributed by atoms with E-state index in [1.807, 2.05) is 27.8 Å². The van der Waals surface area contributed by atoms with Gasteiger partial charge in [0.2, 0.25) is 0 Å². The number of amides is 1. The third-order valence-corrected chi connectivity index (χ3v) is 3.05. The number of hydrogen-bond donors (Lipinski definition) is 2. The molecule has 0 saturated heterocycles. The van der Waals surface area contributed by atoms with Crippen molar-refractivity contribution < 1.29 is 9.53 Å². The molecule has 0 aliphatic heterocycles. The van der Waals surface area contributed by atoms with Gasteiger partial charge in [0.25, 0.3) is 0 Å². The van der Waals surface area contributed by atoms with Gasteiger partial charge in [0, 0.05) is 12.1 Å². The lowest BCUT2D eigenvalue weighted by Gasteiger charge is -2.30. The maximum Gasteiger partial charge on any atom is 0.407 e. The highest BCUT2D eigenvalue weighted by Gasteiger charge is 2.40. The fourth-order valence-electron chi connectivity index (χ4n) is 1.73. The molecule has 1 unspecified atom stereocenters. The maximum absolute atomic E-state index is 11.5. The van der Waals surface area contributed by atoms with E-state index in [1.165, 1.54) is 12.8 Å². The number of carbonyl (C=O) groups excluding carboxylic acids is 1. The summed E-state index contributed by atoms with van der Waals surface area (Å²) in [6.07, 6.45) is 2.15. The summed E-state index contributed by atoms with van der Waals surface area (Å²) in [6.45, 7) is 8.35. The molecule has 1 fully saturated rings. The number of hydrogen-bond acceptors (Lipinski definition) is 3. The zero-order valence-corrected chi connectivity index (χ0v) is 11.0. The van der Waals surface area contributed by atoms with Gasteiger partial charge in [-0.25, -0.2) is 4.79 Å². The molecule has 1 aliphatic rings. The first-order valence-corrected chi connectivity index (χ1v) is 5.92. The van der Waals surface area contributed by atoms with Gasteiger partial charge in [-0.3, -0.25) is 0 Å². The molecule has 0 aromatic carbocycles. The second kappa shape index (κ2) is 4.62. The van der Waals surface area contributed by atoms with Crippen molar-refractivity contribution in [2.75, 3.05) is 13.6 Å². The average Bonchev–Trinajstić information content (AvgIpc) is 2.94. The third-order valence-electron chi connectivity index (χ3n) is 3.05. The molecule has 1 saturated carbocycles. The summed E-state index contributed by atoms with van der Waals surface area (Å²) in [7, 11) is 1.94. The number of rotatable bonds is 4. The van der Waals surface area contributed by atoms with Crippen LogP contribution in [0.15, 0.2) is 0 Å². The molecule has 0 bridgehead atoms. The molecule has 1 rings (SSSR count). The van der Waals surface area contributed by atoms with E-state index in [0.717, 1.165) is 0 Å². The van der Waals surface area contributed by atoms with Crippen LogP contribution >= 0.6 is 0 Å². The topological polar surface area (TPSA) is 50.4 Å². The van der Waals surface area contributed by atoms with Crippen molar-refractivity contribution in [3.05, 3.63) is 0 Å². The van der Waals surface area contributed by atoms with Crippen LogP contribution in [-0.4, -0.2) is 30.8 Å². The van der Waals surface area contributed by atoms with Gasteiger partial charge in [0.05, 0.1) is 0 Å². The minimum atomic E-state index is -0.431. The summed E-state index contributed by atoms with van der Waals surface area (Å²) >= 11 is 0. The highest BCUT2D eigenvalue weighted by Crippen LogP contribution is 2.38. The van der Waals surface area contributed by atoms with Crippen LogP contribution in [0, 0.1) is 5.92 Å². The molecule has 0 spiro atoms. The van der Waals surface area contributed by atoms with E-state index in [4.69, 9.17) is 4.74 Å². The number of carbonyl (C=O) groups is 1. The molecule has 2 N–H and O–H groups in total. The average molecular weight is 228 g/mol. The van der Waals surface area contributed by atoms with E-state index in [1.54, 1.807) is 0 Å². The number of likely N-dealkylation sites (N-methyl/N-ethyl adjacent to an activating group) is 1. The van der Waals surface area contributed by atoms with Crippen LogP contribution < -0.4 is 10.6 Å². The van der Waals surface area contributed by atoms with Crippen LogP contribution in [0.25, 0.3) is 0 Å². The van der Waals surface area contributed by atoms with Crippen molar-refractivity contribution in [1.82, 2.24) is 10.6 Å². The molecule has 0 aromatic rings. The number of nitrogens with one attached hydrogen (secondary N) is 2. The Kier molecular flexibility index (Phi) is 3.84. The van der Waals surface area contributed by atoms with Gasteiger partial charge in [-0.2, -0.15) is 0 Å². The van der Waals surface area contributed by atoms with E-state index in [0.29, 0.717) is 12.5 Å². The summed E-state index contributed by atoms with van der Waals surface area (Å²) in [4.78, 5) is 11.5. The lowest BCUT2D eigenvalue weighted by atomic mass is 9.96. The molecule has 1 aliphatic carbocycles. The predicted octanol–water partition coefficient (Wildman–Crippen LogP) is 1.90. The summed E-state index contributed by atoms with van der Waals surface area (Å²) < 4.78 is 5.20. The van der Waals surface area contributed by atoms with Crippen molar-refractivity contribution in [2.24, 2.45) is 5.92 Å². The fourth-order valence-corrected chi connectivity index (χ4v) is 1.73. The van der Waals surface area contributed by atoms with Gasteiger partial charge in [0.1, 0.15) is 5.60 Å². The highest BCUT2D eigenvalue weighted by atomic mass is 16.6. The first kappa shape index (κ1) is 13.3. The van der Waals surface area contributed by atoms with Crippen molar-refractivity contribution in [3.8, 4) is 0 Å². The Hall–Kier alpha value is -0.770. The zero-order chi connectivity index (χ0) is 12.4. The smallest absolute Gasteiger partial charge is 0.407 e. The maximum atomic E-state index is 11.5. The van der Waals surface area contributed by atoms with E-state index in [9.17, 15) is 4.79 Å². The van der Waals surface area contributed by atoms with Gasteiger partial charge in [0.15, 0.2) is 0 Å². The Balaban J connectivity index is 2.35. The Morgan fingerprint density at radius 2 is 1.88 bits per heavy atom. The van der Waals surface area contributed by atoms with Crippen molar-refractivity contribution in [1.29, 1.82) is 0 Å². The SMILES string of the molecule is CNC(C)(CNC(=O)OC(C)(C)C)C1CC1. The van der Waals surface area contributed by atoms with Crippen LogP contribution in [-0.2, 0) is 4.74 Å². The predicted molar refractivity (Wildman–Crippen MR) is 64.4 cm³/mol. The largest absolute Gasteiger partial charge is 0.444 e. The molecule has 0 radical (unpaired) electrons. The molecular weight excluding hydrogens is 204 g/mol. The molecule has 1 amide bonds. The Labute approximate surface area is 98.1 Å². The molecule has 0 aromatic heterocycles. The summed E-state index contributed by atoms with van der Waals surface area (Å²) in [5, 5.41) is 6.12.